The lowest BCUT2D eigenvalue weighted by molar-refractivity contribution is 0.173. The first-order valence-corrected chi connectivity index (χ1v) is 8.34. The van der Waals surface area contributed by atoms with Crippen LogP contribution in [-0.4, -0.2) is 17.7 Å². The monoisotopic (exact) mass is 273 g/mol. The summed E-state index contributed by atoms with van der Waals surface area (Å²) in [5, 5.41) is 9.90. The molecule has 3 rings (SSSR count). The standard InChI is InChI=1S/C18H27NO/c1-2-18(20)15-9-11-16(12-10-15)19-13-5-7-14-6-3-4-8-17(14)19/h9-12,14,17-18,20H,2-8,13H2,1H3. The molecule has 0 amide bonds. The third-order valence-corrected chi connectivity index (χ3v) is 5.24. The van der Waals surface area contributed by atoms with E-state index in [9.17, 15) is 5.11 Å². The first kappa shape index (κ1) is 13.9. The molecule has 3 unspecified atom stereocenters. The van der Waals surface area contributed by atoms with Gasteiger partial charge in [-0.3, -0.25) is 0 Å². The lowest BCUT2D eigenvalue weighted by Gasteiger charge is -2.45. The molecule has 2 nitrogen and oxygen atoms in total. The fourth-order valence-corrected chi connectivity index (χ4v) is 4.07. The van der Waals surface area contributed by atoms with Crippen molar-refractivity contribution in [3.63, 3.8) is 0 Å². The molecule has 0 spiro atoms. The molecular formula is C18H27NO. The lowest BCUT2D eigenvalue weighted by atomic mass is 9.78. The Labute approximate surface area is 122 Å². The number of piperidine rings is 1. The van der Waals surface area contributed by atoms with Crippen molar-refractivity contribution >= 4 is 5.69 Å². The van der Waals surface area contributed by atoms with Gasteiger partial charge in [0.1, 0.15) is 0 Å². The van der Waals surface area contributed by atoms with Gasteiger partial charge in [-0.15, -0.1) is 0 Å². The van der Waals surface area contributed by atoms with Crippen LogP contribution in [0.4, 0.5) is 5.69 Å². The van der Waals surface area contributed by atoms with Gasteiger partial charge in [0.2, 0.25) is 0 Å². The molecule has 1 aromatic carbocycles. The molecule has 0 aromatic heterocycles. The molecule has 2 heteroatoms. The number of anilines is 1. The quantitative estimate of drug-likeness (QED) is 0.888. The van der Waals surface area contributed by atoms with Gasteiger partial charge in [0, 0.05) is 18.3 Å². The minimum atomic E-state index is -0.312. The maximum atomic E-state index is 9.90. The van der Waals surface area contributed by atoms with Crippen molar-refractivity contribution in [3.8, 4) is 0 Å². The summed E-state index contributed by atoms with van der Waals surface area (Å²) < 4.78 is 0. The van der Waals surface area contributed by atoms with Crippen molar-refractivity contribution in [2.45, 2.75) is 64.0 Å². The van der Waals surface area contributed by atoms with Gasteiger partial charge in [-0.2, -0.15) is 0 Å². The van der Waals surface area contributed by atoms with Crippen molar-refractivity contribution in [2.75, 3.05) is 11.4 Å². The largest absolute Gasteiger partial charge is 0.388 e. The Hall–Kier alpha value is -1.02. The summed E-state index contributed by atoms with van der Waals surface area (Å²) in [6.45, 7) is 3.23. The average molecular weight is 273 g/mol. The zero-order valence-electron chi connectivity index (χ0n) is 12.6. The zero-order valence-corrected chi connectivity index (χ0v) is 12.6. The Morgan fingerprint density at radius 1 is 1.10 bits per heavy atom. The van der Waals surface area contributed by atoms with Crippen LogP contribution in [0.1, 0.15) is 63.5 Å². The van der Waals surface area contributed by atoms with Gasteiger partial charge in [0.15, 0.2) is 0 Å². The number of aliphatic hydroxyl groups is 1. The second kappa shape index (κ2) is 6.17. The van der Waals surface area contributed by atoms with Gasteiger partial charge in [0.25, 0.3) is 0 Å². The van der Waals surface area contributed by atoms with Crippen LogP contribution in [0.15, 0.2) is 24.3 Å². The van der Waals surface area contributed by atoms with Crippen LogP contribution in [0, 0.1) is 5.92 Å². The van der Waals surface area contributed by atoms with E-state index in [0.717, 1.165) is 23.9 Å². The molecular weight excluding hydrogens is 246 g/mol. The van der Waals surface area contributed by atoms with E-state index in [4.69, 9.17) is 0 Å². The molecule has 1 heterocycles. The molecule has 0 bridgehead atoms. The van der Waals surface area contributed by atoms with E-state index in [-0.39, 0.29) is 6.10 Å². The highest BCUT2D eigenvalue weighted by Gasteiger charge is 2.33. The van der Waals surface area contributed by atoms with E-state index >= 15 is 0 Å². The van der Waals surface area contributed by atoms with Crippen molar-refractivity contribution < 1.29 is 5.11 Å². The second-order valence-corrected chi connectivity index (χ2v) is 6.46. The van der Waals surface area contributed by atoms with Crippen LogP contribution in [0.2, 0.25) is 0 Å². The summed E-state index contributed by atoms with van der Waals surface area (Å²) in [6, 6.07) is 9.40. The zero-order chi connectivity index (χ0) is 13.9. The van der Waals surface area contributed by atoms with Gasteiger partial charge >= 0.3 is 0 Å². The van der Waals surface area contributed by atoms with E-state index in [2.05, 4.69) is 29.2 Å². The van der Waals surface area contributed by atoms with Gasteiger partial charge in [-0.1, -0.05) is 31.9 Å². The summed E-state index contributed by atoms with van der Waals surface area (Å²) in [7, 11) is 0. The maximum Gasteiger partial charge on any atom is 0.0787 e. The molecule has 1 aliphatic heterocycles. The fourth-order valence-electron chi connectivity index (χ4n) is 4.07. The van der Waals surface area contributed by atoms with Crippen LogP contribution < -0.4 is 4.90 Å². The fraction of sp³-hybridized carbons (Fsp3) is 0.667. The predicted molar refractivity (Wildman–Crippen MR) is 84.0 cm³/mol. The summed E-state index contributed by atoms with van der Waals surface area (Å²) in [4.78, 5) is 2.63. The summed E-state index contributed by atoms with van der Waals surface area (Å²) in [5.74, 6) is 0.915. The molecule has 2 aliphatic rings. The summed E-state index contributed by atoms with van der Waals surface area (Å²) in [5.41, 5.74) is 2.40. The minimum absolute atomic E-state index is 0.312. The Morgan fingerprint density at radius 2 is 1.80 bits per heavy atom. The number of hydrogen-bond acceptors (Lipinski definition) is 2. The topological polar surface area (TPSA) is 23.5 Å². The average Bonchev–Trinajstić information content (AvgIpc) is 2.54. The molecule has 1 saturated heterocycles. The van der Waals surface area contributed by atoms with Crippen molar-refractivity contribution in [2.24, 2.45) is 5.92 Å². The number of hydrogen-bond donors (Lipinski definition) is 1. The van der Waals surface area contributed by atoms with E-state index in [0.29, 0.717) is 0 Å². The van der Waals surface area contributed by atoms with Crippen LogP contribution in [0.5, 0.6) is 0 Å². The number of fused-ring (bicyclic) bond motifs is 1. The van der Waals surface area contributed by atoms with E-state index < -0.39 is 0 Å². The smallest absolute Gasteiger partial charge is 0.0787 e. The van der Waals surface area contributed by atoms with E-state index in [1.807, 2.05) is 6.92 Å². The van der Waals surface area contributed by atoms with Gasteiger partial charge < -0.3 is 10.0 Å². The van der Waals surface area contributed by atoms with Crippen LogP contribution >= 0.6 is 0 Å². The molecule has 1 saturated carbocycles. The molecule has 0 radical (unpaired) electrons. The van der Waals surface area contributed by atoms with Crippen molar-refractivity contribution in [3.05, 3.63) is 29.8 Å². The summed E-state index contributed by atoms with van der Waals surface area (Å²) >= 11 is 0. The Balaban J connectivity index is 1.77. The van der Waals surface area contributed by atoms with Crippen LogP contribution in [0.3, 0.4) is 0 Å². The highest BCUT2D eigenvalue weighted by atomic mass is 16.3. The van der Waals surface area contributed by atoms with Crippen molar-refractivity contribution in [1.29, 1.82) is 0 Å². The lowest BCUT2D eigenvalue weighted by Crippen LogP contribution is -2.46. The van der Waals surface area contributed by atoms with Crippen molar-refractivity contribution in [1.82, 2.24) is 0 Å². The first-order chi connectivity index (χ1) is 9.79. The van der Waals surface area contributed by atoms with Gasteiger partial charge in [0.05, 0.1) is 6.10 Å². The Morgan fingerprint density at radius 3 is 2.55 bits per heavy atom. The molecule has 1 N–H and O–H groups in total. The highest BCUT2D eigenvalue weighted by Crippen LogP contribution is 2.37. The maximum absolute atomic E-state index is 9.90. The highest BCUT2D eigenvalue weighted by molar-refractivity contribution is 5.49. The van der Waals surface area contributed by atoms with Gasteiger partial charge in [-0.25, -0.2) is 0 Å². The number of benzene rings is 1. The van der Waals surface area contributed by atoms with Crippen LogP contribution in [0.25, 0.3) is 0 Å². The number of nitrogens with zero attached hydrogens (tertiary/aromatic N) is 1. The SMILES string of the molecule is CCC(O)c1ccc(N2CCCC3CCCCC32)cc1. The summed E-state index contributed by atoms with van der Waals surface area (Å²) in [6.07, 6.45) is 8.84. The molecule has 20 heavy (non-hydrogen) atoms. The normalized spacial score (nSPS) is 28.0. The number of aliphatic hydroxyl groups excluding tert-OH is 1. The number of rotatable bonds is 3. The Bertz CT molecular complexity index is 426. The predicted octanol–water partition coefficient (Wildman–Crippen LogP) is 4.29. The first-order valence-electron chi connectivity index (χ1n) is 8.34. The Kier molecular flexibility index (Phi) is 4.30. The third kappa shape index (κ3) is 2.71. The minimum Gasteiger partial charge on any atom is -0.388 e. The second-order valence-electron chi connectivity index (χ2n) is 6.46. The molecule has 3 atom stereocenters. The molecule has 110 valence electrons. The molecule has 1 aromatic rings. The van der Waals surface area contributed by atoms with E-state index in [1.165, 1.54) is 50.8 Å². The third-order valence-electron chi connectivity index (χ3n) is 5.24. The van der Waals surface area contributed by atoms with Gasteiger partial charge in [-0.05, 0) is 55.7 Å². The van der Waals surface area contributed by atoms with E-state index in [1.54, 1.807) is 0 Å². The molecule has 1 aliphatic carbocycles. The molecule has 2 fully saturated rings. The van der Waals surface area contributed by atoms with Crippen LogP contribution in [-0.2, 0) is 0 Å².